The summed E-state index contributed by atoms with van der Waals surface area (Å²) >= 11 is 0. The number of anilines is 3. The highest BCUT2D eigenvalue weighted by Crippen LogP contribution is 2.39. The first-order chi connectivity index (χ1) is 19.6. The van der Waals surface area contributed by atoms with Gasteiger partial charge in [-0.1, -0.05) is 6.07 Å². The number of nitrogens with zero attached hydrogens (tertiary/aromatic N) is 7. The highest BCUT2D eigenvalue weighted by Gasteiger charge is 2.27. The second-order valence-electron chi connectivity index (χ2n) is 9.99. The number of fused-ring (bicyclic) bond motifs is 1. The minimum atomic E-state index is 0.543. The van der Waals surface area contributed by atoms with Crippen molar-refractivity contribution < 1.29 is 14.2 Å². The summed E-state index contributed by atoms with van der Waals surface area (Å²) in [6.45, 7) is 4.63. The monoisotopic (exact) mass is 542 g/mol. The Kier molecular flexibility index (Phi) is 7.37. The number of benzene rings is 1. The molecule has 40 heavy (non-hydrogen) atoms. The zero-order valence-corrected chi connectivity index (χ0v) is 23.1. The Morgan fingerprint density at radius 2 is 1.77 bits per heavy atom. The average molecular weight is 543 g/mol. The summed E-state index contributed by atoms with van der Waals surface area (Å²) in [5.74, 6) is 3.94. The number of imidazole rings is 1. The van der Waals surface area contributed by atoms with Crippen molar-refractivity contribution in [2.24, 2.45) is 0 Å². The van der Waals surface area contributed by atoms with E-state index in [-0.39, 0.29) is 0 Å². The molecule has 1 fully saturated rings. The number of rotatable bonds is 9. The number of hydrogen-bond donors (Lipinski definition) is 1. The summed E-state index contributed by atoms with van der Waals surface area (Å²) in [5, 5.41) is 3.36. The summed E-state index contributed by atoms with van der Waals surface area (Å²) in [5.41, 5.74) is 4.36. The van der Waals surface area contributed by atoms with E-state index in [1.807, 2.05) is 41.4 Å². The Bertz CT molecular complexity index is 1440. The Hall–Kier alpha value is -4.38. The molecule has 3 aromatic heterocycles. The largest absolute Gasteiger partial charge is 0.493 e. The maximum atomic E-state index is 5.52. The van der Waals surface area contributed by atoms with Gasteiger partial charge in [-0.25, -0.2) is 9.97 Å². The van der Waals surface area contributed by atoms with E-state index < -0.39 is 0 Å². The van der Waals surface area contributed by atoms with Crippen LogP contribution in [0.4, 0.5) is 17.6 Å². The molecule has 1 aromatic carbocycles. The third-order valence-electron chi connectivity index (χ3n) is 7.43. The van der Waals surface area contributed by atoms with Crippen molar-refractivity contribution in [3.05, 3.63) is 66.0 Å². The molecule has 11 heteroatoms. The first-order valence-electron chi connectivity index (χ1n) is 13.5. The molecule has 208 valence electrons. The SMILES string of the molecule is COc1cc(-n2cnc(Nc3nc4c(c(N5CCCC5)n3)CCN(Cc3cccnc3)C4)c2)cc(OC)c1OC. The fraction of sp³-hybridized carbons (Fsp3) is 0.379. The van der Waals surface area contributed by atoms with Gasteiger partial charge in [0.1, 0.15) is 12.1 Å². The van der Waals surface area contributed by atoms with Gasteiger partial charge in [0.15, 0.2) is 17.3 Å². The number of hydrogen-bond acceptors (Lipinski definition) is 10. The highest BCUT2D eigenvalue weighted by molar-refractivity contribution is 5.60. The van der Waals surface area contributed by atoms with Crippen molar-refractivity contribution in [3.8, 4) is 22.9 Å². The molecule has 0 bridgehead atoms. The Morgan fingerprint density at radius 3 is 2.48 bits per heavy atom. The van der Waals surface area contributed by atoms with Crippen LogP contribution in [0.15, 0.2) is 49.2 Å². The zero-order valence-electron chi connectivity index (χ0n) is 23.1. The zero-order chi connectivity index (χ0) is 27.5. The Morgan fingerprint density at radius 1 is 0.975 bits per heavy atom. The van der Waals surface area contributed by atoms with E-state index in [2.05, 4.69) is 31.2 Å². The van der Waals surface area contributed by atoms with Crippen LogP contribution in [0.3, 0.4) is 0 Å². The van der Waals surface area contributed by atoms with Crippen LogP contribution >= 0.6 is 0 Å². The summed E-state index contributed by atoms with van der Waals surface area (Å²) in [4.78, 5) is 23.7. The smallest absolute Gasteiger partial charge is 0.230 e. The van der Waals surface area contributed by atoms with Crippen LogP contribution in [0, 0.1) is 0 Å². The lowest BCUT2D eigenvalue weighted by molar-refractivity contribution is 0.241. The van der Waals surface area contributed by atoms with Crippen LogP contribution in [-0.2, 0) is 19.5 Å². The van der Waals surface area contributed by atoms with Crippen LogP contribution in [0.2, 0.25) is 0 Å². The first-order valence-corrected chi connectivity index (χ1v) is 13.5. The molecule has 0 aliphatic carbocycles. The van der Waals surface area contributed by atoms with E-state index in [0.29, 0.717) is 29.0 Å². The molecular weight excluding hydrogens is 508 g/mol. The third-order valence-corrected chi connectivity index (χ3v) is 7.43. The Labute approximate surface area is 233 Å². The van der Waals surface area contributed by atoms with Crippen LogP contribution < -0.4 is 24.4 Å². The van der Waals surface area contributed by atoms with Crippen molar-refractivity contribution in [1.29, 1.82) is 0 Å². The molecule has 0 amide bonds. The molecule has 2 aliphatic heterocycles. The van der Waals surface area contributed by atoms with Crippen molar-refractivity contribution >= 4 is 17.6 Å². The van der Waals surface area contributed by atoms with Crippen LogP contribution in [0.5, 0.6) is 17.2 Å². The van der Waals surface area contributed by atoms with E-state index in [0.717, 1.165) is 56.3 Å². The van der Waals surface area contributed by atoms with Gasteiger partial charge < -0.3 is 29.0 Å². The molecule has 11 nitrogen and oxygen atoms in total. The standard InChI is InChI=1S/C29H34N8O3/c1-38-24-13-21(14-25(39-2)27(24)40-3)37-18-26(31-19-37)33-29-32-23-17-35(16-20-7-6-9-30-15-20)12-8-22(23)28(34-29)36-10-4-5-11-36/h6-7,9,13-15,18-19H,4-5,8,10-12,16-17H2,1-3H3,(H,32,33,34). The molecule has 6 rings (SSSR count). The van der Waals surface area contributed by atoms with E-state index in [1.54, 1.807) is 27.7 Å². The molecule has 0 saturated carbocycles. The minimum absolute atomic E-state index is 0.543. The molecule has 2 aliphatic rings. The molecule has 1 saturated heterocycles. The molecule has 0 spiro atoms. The summed E-state index contributed by atoms with van der Waals surface area (Å²) in [7, 11) is 4.79. The maximum absolute atomic E-state index is 5.52. The number of methoxy groups -OCH3 is 3. The molecule has 4 aromatic rings. The first kappa shape index (κ1) is 25.9. The second kappa shape index (κ2) is 11.4. The lowest BCUT2D eigenvalue weighted by atomic mass is 10.0. The minimum Gasteiger partial charge on any atom is -0.493 e. The lowest BCUT2D eigenvalue weighted by Gasteiger charge is -2.31. The van der Waals surface area contributed by atoms with Crippen molar-refractivity contribution in [3.63, 3.8) is 0 Å². The van der Waals surface area contributed by atoms with Crippen molar-refractivity contribution in [2.75, 3.05) is 51.2 Å². The van der Waals surface area contributed by atoms with Gasteiger partial charge in [0, 0.05) is 62.8 Å². The summed E-state index contributed by atoms with van der Waals surface area (Å²) in [6, 6.07) is 7.87. The van der Waals surface area contributed by atoms with Crippen LogP contribution in [0.25, 0.3) is 5.69 Å². The quantitative estimate of drug-likeness (QED) is 0.334. The van der Waals surface area contributed by atoms with E-state index in [1.165, 1.54) is 24.0 Å². The maximum Gasteiger partial charge on any atom is 0.230 e. The lowest BCUT2D eigenvalue weighted by Crippen LogP contribution is -2.33. The van der Waals surface area contributed by atoms with Gasteiger partial charge in [0.05, 0.1) is 38.9 Å². The van der Waals surface area contributed by atoms with Crippen molar-refractivity contribution in [2.45, 2.75) is 32.4 Å². The molecule has 0 radical (unpaired) electrons. The molecule has 1 N–H and O–H groups in total. The van der Waals surface area contributed by atoms with Gasteiger partial charge >= 0.3 is 0 Å². The fourth-order valence-electron chi connectivity index (χ4n) is 5.46. The average Bonchev–Trinajstić information content (AvgIpc) is 3.69. The van der Waals surface area contributed by atoms with Gasteiger partial charge in [0.2, 0.25) is 11.7 Å². The fourth-order valence-corrected chi connectivity index (χ4v) is 5.46. The molecular formula is C29H34N8O3. The summed E-state index contributed by atoms with van der Waals surface area (Å²) in [6.07, 6.45) is 10.7. The summed E-state index contributed by atoms with van der Waals surface area (Å²) < 4.78 is 18.4. The van der Waals surface area contributed by atoms with Crippen molar-refractivity contribution in [1.82, 2.24) is 29.4 Å². The number of ether oxygens (including phenoxy) is 3. The van der Waals surface area contributed by atoms with Crippen LogP contribution in [0.1, 0.15) is 29.7 Å². The normalized spacial score (nSPS) is 15.1. The van der Waals surface area contributed by atoms with E-state index in [4.69, 9.17) is 24.2 Å². The molecule has 5 heterocycles. The second-order valence-corrected chi connectivity index (χ2v) is 9.99. The van der Waals surface area contributed by atoms with E-state index >= 15 is 0 Å². The highest BCUT2D eigenvalue weighted by atomic mass is 16.5. The van der Waals surface area contributed by atoms with Gasteiger partial charge in [-0.2, -0.15) is 4.98 Å². The number of nitrogens with one attached hydrogen (secondary N) is 1. The Balaban J connectivity index is 1.28. The third kappa shape index (κ3) is 5.24. The van der Waals surface area contributed by atoms with Gasteiger partial charge in [0.25, 0.3) is 0 Å². The van der Waals surface area contributed by atoms with Gasteiger partial charge in [-0.3, -0.25) is 9.88 Å². The van der Waals surface area contributed by atoms with Gasteiger partial charge in [-0.05, 0) is 30.9 Å². The number of pyridine rings is 1. The number of aromatic nitrogens is 5. The van der Waals surface area contributed by atoms with Gasteiger partial charge in [-0.15, -0.1) is 0 Å². The molecule has 0 unspecified atom stereocenters. The van der Waals surface area contributed by atoms with E-state index in [9.17, 15) is 0 Å². The van der Waals surface area contributed by atoms with Crippen LogP contribution in [-0.4, -0.2) is 70.4 Å². The predicted molar refractivity (Wildman–Crippen MR) is 152 cm³/mol. The topological polar surface area (TPSA) is 103 Å². The predicted octanol–water partition coefficient (Wildman–Crippen LogP) is 3.99. The molecule has 0 atom stereocenters.